The second-order valence-electron chi connectivity index (χ2n) is 3.73. The number of nitrogens with zero attached hydrogens (tertiary/aromatic N) is 1. The first kappa shape index (κ1) is 10.2. The van der Waals surface area contributed by atoms with E-state index >= 15 is 0 Å². The molecule has 2 aromatic rings. The van der Waals surface area contributed by atoms with Gasteiger partial charge in [0.25, 0.3) is 0 Å². The number of aromatic nitrogens is 1. The quantitative estimate of drug-likeness (QED) is 0.806. The lowest BCUT2D eigenvalue weighted by molar-refractivity contribution is 0.297. The van der Waals surface area contributed by atoms with Crippen LogP contribution in [0, 0.1) is 6.07 Å². The minimum Gasteiger partial charge on any atom is -0.360 e. The Kier molecular flexibility index (Phi) is 3.07. The number of fused-ring (bicyclic) bond motifs is 1. The fraction of sp³-hybridized carbons (Fsp3) is 0.385. The van der Waals surface area contributed by atoms with E-state index in [-0.39, 0.29) is 0 Å². The van der Waals surface area contributed by atoms with Gasteiger partial charge in [-0.1, -0.05) is 32.0 Å². The molecule has 1 aromatic heterocycles. The van der Waals surface area contributed by atoms with Gasteiger partial charge in [-0.3, -0.25) is 4.90 Å². The van der Waals surface area contributed by atoms with Gasteiger partial charge in [0.15, 0.2) is 0 Å². The number of hydrogen-bond acceptors (Lipinski definition) is 1. The van der Waals surface area contributed by atoms with Gasteiger partial charge in [0, 0.05) is 24.2 Å². The van der Waals surface area contributed by atoms with E-state index in [0.717, 1.165) is 25.2 Å². The van der Waals surface area contributed by atoms with Gasteiger partial charge in [-0.05, 0) is 18.7 Å². The van der Waals surface area contributed by atoms with Crippen molar-refractivity contribution in [1.29, 1.82) is 0 Å². The predicted octanol–water partition coefficient (Wildman–Crippen LogP) is 2.81. The molecule has 0 amide bonds. The summed E-state index contributed by atoms with van der Waals surface area (Å²) in [6.07, 6.45) is 2.10. The highest BCUT2D eigenvalue weighted by Gasteiger charge is 2.06. The number of rotatable bonds is 4. The van der Waals surface area contributed by atoms with Crippen molar-refractivity contribution in [2.45, 2.75) is 20.4 Å². The zero-order valence-corrected chi connectivity index (χ0v) is 9.38. The lowest BCUT2D eigenvalue weighted by atomic mass is 10.1. The highest BCUT2D eigenvalue weighted by Crippen LogP contribution is 2.18. The molecule has 0 aliphatic heterocycles. The minimum absolute atomic E-state index is 1.02. The topological polar surface area (TPSA) is 19.0 Å². The molecular formula is C13H17N2. The number of H-pyrrole nitrogens is 1. The third-order valence-corrected chi connectivity index (χ3v) is 2.88. The maximum atomic E-state index is 3.26. The molecule has 0 aliphatic rings. The third-order valence-electron chi connectivity index (χ3n) is 2.88. The van der Waals surface area contributed by atoms with Gasteiger partial charge in [-0.2, -0.15) is 0 Å². The molecule has 79 valence electrons. The van der Waals surface area contributed by atoms with Crippen molar-refractivity contribution in [3.63, 3.8) is 0 Å². The number of para-hydroxylation sites is 1. The van der Waals surface area contributed by atoms with Gasteiger partial charge >= 0.3 is 0 Å². The van der Waals surface area contributed by atoms with Crippen molar-refractivity contribution < 1.29 is 0 Å². The highest BCUT2D eigenvalue weighted by molar-refractivity contribution is 5.82. The first-order valence-corrected chi connectivity index (χ1v) is 5.54. The fourth-order valence-electron chi connectivity index (χ4n) is 1.88. The summed E-state index contributed by atoms with van der Waals surface area (Å²) in [6.45, 7) is 7.61. The van der Waals surface area contributed by atoms with Crippen LogP contribution in [0.3, 0.4) is 0 Å². The fourth-order valence-corrected chi connectivity index (χ4v) is 1.88. The number of aromatic amines is 1. The van der Waals surface area contributed by atoms with Crippen LogP contribution in [0.2, 0.25) is 0 Å². The molecule has 0 saturated carbocycles. The lowest BCUT2D eigenvalue weighted by Crippen LogP contribution is -2.21. The van der Waals surface area contributed by atoms with Gasteiger partial charge in [-0.15, -0.1) is 0 Å². The van der Waals surface area contributed by atoms with Crippen LogP contribution in [0.15, 0.2) is 24.4 Å². The molecule has 2 heteroatoms. The summed E-state index contributed by atoms with van der Waals surface area (Å²) >= 11 is 0. The second-order valence-corrected chi connectivity index (χ2v) is 3.73. The molecule has 0 saturated heterocycles. The van der Waals surface area contributed by atoms with E-state index in [1.54, 1.807) is 0 Å². The maximum absolute atomic E-state index is 3.26. The molecule has 2 rings (SSSR count). The molecule has 1 aromatic carbocycles. The van der Waals surface area contributed by atoms with E-state index in [4.69, 9.17) is 0 Å². The SMILES string of the molecule is CCN(CC)Cc1c[nH]c2[c]cccc12. The Bertz CT molecular complexity index is 427. The van der Waals surface area contributed by atoms with Crippen molar-refractivity contribution in [3.05, 3.63) is 36.0 Å². The molecule has 0 aliphatic carbocycles. The number of benzene rings is 1. The van der Waals surface area contributed by atoms with Gasteiger partial charge in [-0.25, -0.2) is 0 Å². The average Bonchev–Trinajstić information content (AvgIpc) is 2.69. The second kappa shape index (κ2) is 4.49. The molecule has 1 radical (unpaired) electrons. The summed E-state index contributed by atoms with van der Waals surface area (Å²) in [5, 5.41) is 1.30. The van der Waals surface area contributed by atoms with E-state index in [2.05, 4.69) is 42.1 Å². The predicted molar refractivity (Wildman–Crippen MR) is 63.8 cm³/mol. The summed E-state index contributed by atoms with van der Waals surface area (Å²) in [5.41, 5.74) is 2.48. The Morgan fingerprint density at radius 1 is 1.33 bits per heavy atom. The van der Waals surface area contributed by atoms with Crippen LogP contribution in [0.25, 0.3) is 10.9 Å². The molecule has 0 bridgehead atoms. The van der Waals surface area contributed by atoms with E-state index in [1.165, 1.54) is 10.9 Å². The van der Waals surface area contributed by atoms with Crippen LogP contribution in [0.5, 0.6) is 0 Å². The van der Waals surface area contributed by atoms with E-state index in [1.807, 2.05) is 12.1 Å². The molecule has 15 heavy (non-hydrogen) atoms. The standard InChI is InChI=1S/C13H17N2/c1-3-15(4-2)10-11-9-14-13-8-6-5-7-12(11)13/h5-7,9,14H,3-4,10H2,1-2H3. The van der Waals surface area contributed by atoms with Crippen molar-refractivity contribution in [2.24, 2.45) is 0 Å². The van der Waals surface area contributed by atoms with Crippen LogP contribution in [-0.4, -0.2) is 23.0 Å². The maximum Gasteiger partial charge on any atom is 0.0537 e. The molecule has 1 heterocycles. The summed E-state index contributed by atoms with van der Waals surface area (Å²) in [6, 6.07) is 9.35. The summed E-state index contributed by atoms with van der Waals surface area (Å²) in [5.74, 6) is 0. The first-order valence-electron chi connectivity index (χ1n) is 5.54. The van der Waals surface area contributed by atoms with Crippen LogP contribution in [-0.2, 0) is 6.54 Å². The Balaban J connectivity index is 2.28. The zero-order valence-electron chi connectivity index (χ0n) is 9.38. The average molecular weight is 201 g/mol. The monoisotopic (exact) mass is 201 g/mol. The Labute approximate surface area is 90.9 Å². The normalized spacial score (nSPS) is 11.4. The lowest BCUT2D eigenvalue weighted by Gasteiger charge is -2.17. The van der Waals surface area contributed by atoms with Crippen molar-refractivity contribution >= 4 is 10.9 Å². The zero-order chi connectivity index (χ0) is 10.7. The summed E-state index contributed by atoms with van der Waals surface area (Å²) < 4.78 is 0. The Morgan fingerprint density at radius 3 is 2.87 bits per heavy atom. The molecule has 0 atom stereocenters. The van der Waals surface area contributed by atoms with E-state index in [0.29, 0.717) is 0 Å². The highest BCUT2D eigenvalue weighted by atomic mass is 15.1. The molecule has 0 spiro atoms. The van der Waals surface area contributed by atoms with Crippen molar-refractivity contribution in [1.82, 2.24) is 9.88 Å². The first-order chi connectivity index (χ1) is 7.35. The van der Waals surface area contributed by atoms with Crippen molar-refractivity contribution in [3.8, 4) is 0 Å². The Morgan fingerprint density at radius 2 is 2.13 bits per heavy atom. The van der Waals surface area contributed by atoms with Gasteiger partial charge in [0.2, 0.25) is 0 Å². The summed E-state index contributed by atoms with van der Waals surface area (Å²) in [4.78, 5) is 5.67. The van der Waals surface area contributed by atoms with E-state index in [9.17, 15) is 0 Å². The largest absolute Gasteiger partial charge is 0.360 e. The summed E-state index contributed by atoms with van der Waals surface area (Å²) in [7, 11) is 0. The van der Waals surface area contributed by atoms with Gasteiger partial charge in [0.05, 0.1) is 5.52 Å². The Hall–Kier alpha value is -1.28. The smallest absolute Gasteiger partial charge is 0.0537 e. The number of hydrogen-bond donors (Lipinski definition) is 1. The molecule has 1 N–H and O–H groups in total. The van der Waals surface area contributed by atoms with Crippen molar-refractivity contribution in [2.75, 3.05) is 13.1 Å². The number of nitrogens with one attached hydrogen (secondary N) is 1. The van der Waals surface area contributed by atoms with Gasteiger partial charge < -0.3 is 4.98 Å². The van der Waals surface area contributed by atoms with Crippen LogP contribution in [0.1, 0.15) is 19.4 Å². The molecule has 0 unspecified atom stereocenters. The molecule has 0 fully saturated rings. The van der Waals surface area contributed by atoms with Crippen LogP contribution < -0.4 is 0 Å². The molecule has 2 nitrogen and oxygen atoms in total. The van der Waals surface area contributed by atoms with Crippen LogP contribution in [0.4, 0.5) is 0 Å². The minimum atomic E-state index is 1.02. The van der Waals surface area contributed by atoms with Crippen LogP contribution >= 0.6 is 0 Å². The van der Waals surface area contributed by atoms with Gasteiger partial charge in [0.1, 0.15) is 0 Å². The van der Waals surface area contributed by atoms with E-state index < -0.39 is 0 Å². The molecular weight excluding hydrogens is 184 g/mol. The third kappa shape index (κ3) is 2.05.